The molecule has 0 radical (unpaired) electrons. The first kappa shape index (κ1) is 3.18. The summed E-state index contributed by atoms with van der Waals surface area (Å²) < 4.78 is 84.1. The van der Waals surface area contributed by atoms with Crippen molar-refractivity contribution in [2.75, 3.05) is 27.9 Å². The number of hydrogen-bond acceptors (Lipinski definition) is 4. The van der Waals surface area contributed by atoms with Crippen LogP contribution in [-0.4, -0.2) is 71.9 Å². The third-order valence-corrected chi connectivity index (χ3v) is 1.25. The van der Waals surface area contributed by atoms with Gasteiger partial charge in [-0.25, -0.2) is 0 Å². The number of carbonyl (C=O) groups excluding carboxylic acids is 2. The summed E-state index contributed by atoms with van der Waals surface area (Å²) in [6.45, 7) is -14.4. The lowest BCUT2D eigenvalue weighted by molar-refractivity contribution is -0.155. The Morgan fingerprint density at radius 3 is 1.50 bits per heavy atom. The minimum Gasteiger partial charge on any atom is -0.380 e. The standard InChI is InChI=1S/C8H16N2O4/c1-9(2)7(13)5(11)6(12)8(14)10(3)4/h5-6,11-12H,1-4H3/i1D3,2D3,3D3,4D3. The van der Waals surface area contributed by atoms with Gasteiger partial charge in [0, 0.05) is 44.4 Å². The van der Waals surface area contributed by atoms with E-state index in [0.29, 0.717) is 0 Å². The van der Waals surface area contributed by atoms with Crippen molar-refractivity contribution in [1.29, 1.82) is 0 Å². The fourth-order valence-corrected chi connectivity index (χ4v) is 0.535. The molecule has 0 spiro atoms. The SMILES string of the molecule is [2H]C([2H])([2H])N(C(=O)C(O)C(O)C(=O)N(C([2H])([2H])[2H])C([2H])([2H])[2H])C([2H])([2H])[2H]. The fourth-order valence-electron chi connectivity index (χ4n) is 0.535. The van der Waals surface area contributed by atoms with Gasteiger partial charge in [0.15, 0.2) is 12.2 Å². The molecule has 2 amide bonds. The van der Waals surface area contributed by atoms with Crippen LogP contribution >= 0.6 is 0 Å². The second-order valence-electron chi connectivity index (χ2n) is 2.24. The molecule has 0 aliphatic carbocycles. The molecular weight excluding hydrogens is 188 g/mol. The van der Waals surface area contributed by atoms with Gasteiger partial charge in [-0.2, -0.15) is 0 Å². The summed E-state index contributed by atoms with van der Waals surface area (Å²) in [5.74, 6) is -4.30. The molecule has 14 heavy (non-hydrogen) atoms. The van der Waals surface area contributed by atoms with Crippen molar-refractivity contribution in [3.8, 4) is 0 Å². The van der Waals surface area contributed by atoms with E-state index in [2.05, 4.69) is 0 Å². The summed E-state index contributed by atoms with van der Waals surface area (Å²) in [5, 5.41) is 19.4. The predicted molar refractivity (Wildman–Crippen MR) is 49.4 cm³/mol. The van der Waals surface area contributed by atoms with E-state index in [4.69, 9.17) is 16.4 Å². The molecule has 6 heteroatoms. The van der Waals surface area contributed by atoms with Crippen LogP contribution < -0.4 is 0 Å². The van der Waals surface area contributed by atoms with Crippen LogP contribution in [0, 0.1) is 0 Å². The normalized spacial score (nSPS) is 30.7. The molecular formula is C8H16N2O4. The first-order valence-corrected chi connectivity index (χ1v) is 3.18. The van der Waals surface area contributed by atoms with E-state index >= 15 is 0 Å². The highest BCUT2D eigenvalue weighted by Gasteiger charge is 2.31. The van der Waals surface area contributed by atoms with Gasteiger partial charge in [0.05, 0.1) is 0 Å². The van der Waals surface area contributed by atoms with Gasteiger partial charge in [0.1, 0.15) is 0 Å². The summed E-state index contributed by atoms with van der Waals surface area (Å²) in [5.41, 5.74) is 0. The largest absolute Gasteiger partial charge is 0.380 e. The van der Waals surface area contributed by atoms with Crippen LogP contribution in [0.3, 0.4) is 0 Å². The van der Waals surface area contributed by atoms with Crippen molar-refractivity contribution >= 4 is 11.8 Å². The topological polar surface area (TPSA) is 81.1 Å². The van der Waals surface area contributed by atoms with Crippen LogP contribution in [0.4, 0.5) is 0 Å². The Labute approximate surface area is 99.6 Å². The lowest BCUT2D eigenvalue weighted by Crippen LogP contribution is -2.48. The van der Waals surface area contributed by atoms with Crippen molar-refractivity contribution < 1.29 is 36.3 Å². The van der Waals surface area contributed by atoms with Crippen LogP contribution in [0.1, 0.15) is 16.4 Å². The number of aliphatic hydroxyl groups is 2. The zero-order valence-electron chi connectivity index (χ0n) is 18.8. The molecule has 2 unspecified atom stereocenters. The van der Waals surface area contributed by atoms with Crippen molar-refractivity contribution in [1.82, 2.24) is 9.80 Å². The minimum atomic E-state index is -3.61. The molecule has 82 valence electrons. The highest BCUT2D eigenvalue weighted by Crippen LogP contribution is 2.00. The van der Waals surface area contributed by atoms with E-state index < -0.39 is 61.7 Å². The maximum atomic E-state index is 11.9. The van der Waals surface area contributed by atoms with Crippen molar-refractivity contribution in [2.45, 2.75) is 12.2 Å². The van der Waals surface area contributed by atoms with Crippen LogP contribution in [0.5, 0.6) is 0 Å². The maximum absolute atomic E-state index is 11.9. The van der Waals surface area contributed by atoms with Crippen molar-refractivity contribution in [2.24, 2.45) is 0 Å². The van der Waals surface area contributed by atoms with Gasteiger partial charge in [-0.15, -0.1) is 0 Å². The molecule has 0 aromatic rings. The second-order valence-corrected chi connectivity index (χ2v) is 2.24. The van der Waals surface area contributed by atoms with Crippen LogP contribution in [0.15, 0.2) is 0 Å². The minimum absolute atomic E-state index is 0.768. The predicted octanol–water partition coefficient (Wildman–Crippen LogP) is -2.12. The lowest BCUT2D eigenvalue weighted by Gasteiger charge is -2.22. The maximum Gasteiger partial charge on any atom is 0.254 e. The summed E-state index contributed by atoms with van der Waals surface area (Å²) >= 11 is 0. The second kappa shape index (κ2) is 4.92. The number of aliphatic hydroxyl groups excluding tert-OH is 2. The van der Waals surface area contributed by atoms with E-state index in [0.717, 1.165) is 0 Å². The lowest BCUT2D eigenvalue weighted by atomic mass is 10.1. The highest BCUT2D eigenvalue weighted by atomic mass is 16.3. The molecule has 0 aliphatic rings. The highest BCUT2D eigenvalue weighted by molar-refractivity contribution is 5.90. The summed E-state index contributed by atoms with van der Waals surface area (Å²) in [4.78, 5) is 22.4. The number of rotatable bonds is 3. The van der Waals surface area contributed by atoms with Crippen LogP contribution in [0.25, 0.3) is 0 Å². The number of nitrogens with zero attached hydrogens (tertiary/aromatic N) is 2. The Morgan fingerprint density at radius 2 is 1.29 bits per heavy atom. The zero-order chi connectivity index (χ0) is 21.5. The molecule has 0 saturated heterocycles. The molecule has 0 aromatic carbocycles. The van der Waals surface area contributed by atoms with Gasteiger partial charge in [0.25, 0.3) is 11.8 Å². The van der Waals surface area contributed by atoms with Gasteiger partial charge in [-0.05, 0) is 0 Å². The van der Waals surface area contributed by atoms with E-state index in [1.807, 2.05) is 0 Å². The smallest absolute Gasteiger partial charge is 0.254 e. The van der Waals surface area contributed by atoms with Crippen molar-refractivity contribution in [3.63, 3.8) is 0 Å². The molecule has 6 nitrogen and oxygen atoms in total. The Balaban J connectivity index is 5.83. The van der Waals surface area contributed by atoms with Gasteiger partial charge in [0.2, 0.25) is 0 Å². The van der Waals surface area contributed by atoms with Crippen LogP contribution in [0.2, 0.25) is 0 Å². The van der Waals surface area contributed by atoms with Gasteiger partial charge in [-0.1, -0.05) is 0 Å². The van der Waals surface area contributed by atoms with Crippen molar-refractivity contribution in [3.05, 3.63) is 0 Å². The summed E-state index contributed by atoms with van der Waals surface area (Å²) in [7, 11) is 0. The monoisotopic (exact) mass is 216 g/mol. The van der Waals surface area contributed by atoms with Gasteiger partial charge in [-0.3, -0.25) is 9.59 Å². The van der Waals surface area contributed by atoms with E-state index in [1.54, 1.807) is 0 Å². The average molecular weight is 216 g/mol. The van der Waals surface area contributed by atoms with E-state index in [9.17, 15) is 19.8 Å². The van der Waals surface area contributed by atoms with E-state index in [-0.39, 0.29) is 0 Å². The molecule has 0 rings (SSSR count). The molecule has 2 N–H and O–H groups in total. The number of likely N-dealkylation sites (N-methyl/N-ethyl adjacent to an activating group) is 2. The number of amides is 2. The molecule has 0 aliphatic heterocycles. The number of carbonyl (C=O) groups is 2. The fraction of sp³-hybridized carbons (Fsp3) is 0.750. The first-order chi connectivity index (χ1) is 11.1. The third-order valence-electron chi connectivity index (χ3n) is 1.25. The zero-order valence-corrected chi connectivity index (χ0v) is 6.76. The first-order valence-electron chi connectivity index (χ1n) is 9.18. The molecule has 0 fully saturated rings. The van der Waals surface area contributed by atoms with Gasteiger partial charge < -0.3 is 20.0 Å². The molecule has 0 aromatic heterocycles. The number of hydrogen-bond donors (Lipinski definition) is 2. The quantitative estimate of drug-likeness (QED) is 0.565. The van der Waals surface area contributed by atoms with Crippen LogP contribution in [-0.2, 0) is 9.59 Å². The average Bonchev–Trinajstić information content (AvgIpc) is 2.29. The molecule has 2 atom stereocenters. The Morgan fingerprint density at radius 1 is 1.00 bits per heavy atom. The Hall–Kier alpha value is -1.14. The van der Waals surface area contributed by atoms with Gasteiger partial charge >= 0.3 is 0 Å². The third kappa shape index (κ3) is 2.97. The Kier molecular flexibility index (Phi) is 1.12. The molecule has 0 heterocycles. The summed E-state index contributed by atoms with van der Waals surface area (Å²) in [6, 6.07) is 0. The molecule has 0 saturated carbocycles. The summed E-state index contributed by atoms with van der Waals surface area (Å²) in [6.07, 6.45) is -6.09. The Bertz CT molecular complexity index is 459. The molecule has 0 bridgehead atoms. The van der Waals surface area contributed by atoms with E-state index in [1.165, 1.54) is 0 Å².